The first-order valence-electron chi connectivity index (χ1n) is 11.8. The number of anilines is 1. The fraction of sp³-hybridized carbons (Fsp3) is 0.462. The molecule has 1 aliphatic rings. The second-order valence-electron chi connectivity index (χ2n) is 9.22. The second kappa shape index (κ2) is 10.8. The summed E-state index contributed by atoms with van der Waals surface area (Å²) >= 11 is 1.66. The van der Waals surface area contributed by atoms with E-state index < -0.39 is 6.10 Å². The van der Waals surface area contributed by atoms with E-state index in [9.17, 15) is 9.90 Å². The number of rotatable bonds is 8. The van der Waals surface area contributed by atoms with Crippen molar-refractivity contribution in [1.82, 2.24) is 14.8 Å². The summed E-state index contributed by atoms with van der Waals surface area (Å²) in [5.41, 5.74) is 3.99. The molecule has 182 valence electrons. The lowest BCUT2D eigenvalue weighted by Gasteiger charge is -2.40. The van der Waals surface area contributed by atoms with Gasteiger partial charge in [-0.1, -0.05) is 18.2 Å². The summed E-state index contributed by atoms with van der Waals surface area (Å²) in [4.78, 5) is 21.6. The third-order valence-electron chi connectivity index (χ3n) is 6.32. The Morgan fingerprint density at radius 3 is 2.74 bits per heavy atom. The van der Waals surface area contributed by atoms with Crippen molar-refractivity contribution in [3.63, 3.8) is 0 Å². The zero-order valence-corrected chi connectivity index (χ0v) is 21.2. The van der Waals surface area contributed by atoms with E-state index in [1.165, 1.54) is 0 Å². The zero-order chi connectivity index (χ0) is 24.2. The van der Waals surface area contributed by atoms with E-state index in [1.54, 1.807) is 11.3 Å². The van der Waals surface area contributed by atoms with Gasteiger partial charge < -0.3 is 15.2 Å². The number of hydrogen-bond donors (Lipinski definition) is 2. The fourth-order valence-electron chi connectivity index (χ4n) is 4.51. The van der Waals surface area contributed by atoms with Gasteiger partial charge in [-0.05, 0) is 51.0 Å². The Morgan fingerprint density at radius 2 is 2.00 bits per heavy atom. The molecule has 2 atom stereocenters. The Balaban J connectivity index is 1.22. The topological polar surface area (TPSA) is 77.9 Å². The van der Waals surface area contributed by atoms with Crippen LogP contribution in [0.5, 0.6) is 5.75 Å². The number of aliphatic hydroxyl groups excluding tert-OH is 1. The third-order valence-corrected chi connectivity index (χ3v) is 7.27. The van der Waals surface area contributed by atoms with Crippen molar-refractivity contribution in [1.29, 1.82) is 0 Å². The summed E-state index contributed by atoms with van der Waals surface area (Å²) in [5.74, 6) is 0.739. The first-order valence-corrected chi connectivity index (χ1v) is 12.6. The van der Waals surface area contributed by atoms with E-state index in [0.717, 1.165) is 57.4 Å². The van der Waals surface area contributed by atoms with Gasteiger partial charge in [0, 0.05) is 44.0 Å². The first-order chi connectivity index (χ1) is 16.3. The number of carbonyl (C=O) groups is 1. The van der Waals surface area contributed by atoms with Crippen LogP contribution in [0.4, 0.5) is 5.69 Å². The van der Waals surface area contributed by atoms with Crippen molar-refractivity contribution in [3.8, 4) is 5.75 Å². The standard InChI is InChI=1S/C26H34N4O3S/c1-17-6-5-7-18(2)26(17)28-25(32)15-29-10-11-30(19(3)13-29)14-21(31)16-33-22-8-9-24-23(12-22)27-20(4)34-24/h5-9,12,19,21,31H,10-11,13-16H2,1-4H3,(H,28,32)/t19-,21+/m1/s1. The van der Waals surface area contributed by atoms with Gasteiger partial charge in [0.1, 0.15) is 18.5 Å². The zero-order valence-electron chi connectivity index (χ0n) is 20.4. The number of aromatic nitrogens is 1. The number of fused-ring (bicyclic) bond motifs is 1. The Labute approximate surface area is 205 Å². The highest BCUT2D eigenvalue weighted by Crippen LogP contribution is 2.25. The SMILES string of the molecule is Cc1nc2cc(OC[C@@H](O)CN3CCN(CC(=O)Nc4c(C)cccc4C)C[C@H]3C)ccc2s1. The van der Waals surface area contributed by atoms with Crippen LogP contribution in [0.1, 0.15) is 23.1 Å². The van der Waals surface area contributed by atoms with E-state index in [0.29, 0.717) is 13.1 Å². The number of nitrogens with zero attached hydrogens (tertiary/aromatic N) is 3. The van der Waals surface area contributed by atoms with Crippen LogP contribution < -0.4 is 10.1 Å². The fourth-order valence-corrected chi connectivity index (χ4v) is 5.31. The van der Waals surface area contributed by atoms with Crippen molar-refractivity contribution in [2.45, 2.75) is 39.8 Å². The van der Waals surface area contributed by atoms with Gasteiger partial charge in [0.15, 0.2) is 0 Å². The predicted octanol–water partition coefficient (Wildman–Crippen LogP) is 3.61. The molecule has 2 N–H and O–H groups in total. The van der Waals surface area contributed by atoms with Gasteiger partial charge >= 0.3 is 0 Å². The molecule has 0 radical (unpaired) electrons. The number of para-hydroxylation sites is 1. The molecule has 1 aromatic heterocycles. The molecule has 0 aliphatic carbocycles. The van der Waals surface area contributed by atoms with Gasteiger partial charge in [0.25, 0.3) is 0 Å². The maximum atomic E-state index is 12.6. The summed E-state index contributed by atoms with van der Waals surface area (Å²) in [6.45, 7) is 11.7. The summed E-state index contributed by atoms with van der Waals surface area (Å²) in [6.07, 6.45) is -0.589. The minimum absolute atomic E-state index is 0.0127. The lowest BCUT2D eigenvalue weighted by molar-refractivity contribution is -0.118. The van der Waals surface area contributed by atoms with Gasteiger partial charge in [-0.3, -0.25) is 14.6 Å². The van der Waals surface area contributed by atoms with Crippen LogP contribution in [0.25, 0.3) is 10.2 Å². The highest BCUT2D eigenvalue weighted by atomic mass is 32.1. The molecule has 0 spiro atoms. The number of aliphatic hydroxyl groups is 1. The average Bonchev–Trinajstić information content (AvgIpc) is 3.16. The molecular formula is C26H34N4O3S. The smallest absolute Gasteiger partial charge is 0.238 e. The Morgan fingerprint density at radius 1 is 1.24 bits per heavy atom. The highest BCUT2D eigenvalue weighted by Gasteiger charge is 2.26. The maximum Gasteiger partial charge on any atom is 0.238 e. The van der Waals surface area contributed by atoms with E-state index in [2.05, 4.69) is 27.0 Å². The Bertz CT molecular complexity index is 1130. The van der Waals surface area contributed by atoms with Crippen LogP contribution in [0.3, 0.4) is 0 Å². The summed E-state index contributed by atoms with van der Waals surface area (Å²) in [5, 5.41) is 14.7. The van der Waals surface area contributed by atoms with Crippen molar-refractivity contribution in [2.24, 2.45) is 0 Å². The van der Waals surface area contributed by atoms with Gasteiger partial charge in [-0.25, -0.2) is 4.98 Å². The van der Waals surface area contributed by atoms with Crippen molar-refractivity contribution in [3.05, 3.63) is 52.5 Å². The quantitative estimate of drug-likeness (QED) is 0.511. The molecule has 1 aliphatic heterocycles. The molecule has 0 bridgehead atoms. The van der Waals surface area contributed by atoms with Crippen LogP contribution in [0.2, 0.25) is 0 Å². The van der Waals surface area contributed by atoms with Crippen molar-refractivity contribution in [2.75, 3.05) is 44.6 Å². The van der Waals surface area contributed by atoms with Gasteiger partial charge in [0.2, 0.25) is 5.91 Å². The molecule has 34 heavy (non-hydrogen) atoms. The van der Waals surface area contributed by atoms with Crippen LogP contribution in [0, 0.1) is 20.8 Å². The number of aryl methyl sites for hydroxylation is 3. The molecule has 3 aromatic rings. The summed E-state index contributed by atoms with van der Waals surface area (Å²) < 4.78 is 6.97. The number of hydrogen-bond acceptors (Lipinski definition) is 7. The molecule has 1 saturated heterocycles. The largest absolute Gasteiger partial charge is 0.491 e. The molecule has 0 unspecified atom stereocenters. The van der Waals surface area contributed by atoms with E-state index in [4.69, 9.17) is 4.74 Å². The molecule has 7 nitrogen and oxygen atoms in total. The number of β-amino-alcohol motifs (C(OH)–C–C–N with tert-alkyl or cyclic N) is 1. The minimum atomic E-state index is -0.589. The molecule has 2 heterocycles. The van der Waals surface area contributed by atoms with Crippen LogP contribution in [-0.2, 0) is 4.79 Å². The van der Waals surface area contributed by atoms with E-state index >= 15 is 0 Å². The Kier molecular flexibility index (Phi) is 7.83. The minimum Gasteiger partial charge on any atom is -0.491 e. The third kappa shape index (κ3) is 6.13. The first kappa shape index (κ1) is 24.6. The number of ether oxygens (including phenoxy) is 1. The van der Waals surface area contributed by atoms with Gasteiger partial charge in [-0.15, -0.1) is 11.3 Å². The molecular weight excluding hydrogens is 448 g/mol. The molecule has 2 aromatic carbocycles. The second-order valence-corrected chi connectivity index (χ2v) is 10.5. The monoisotopic (exact) mass is 482 g/mol. The molecule has 8 heteroatoms. The summed E-state index contributed by atoms with van der Waals surface area (Å²) in [7, 11) is 0. The average molecular weight is 483 g/mol. The molecule has 1 amide bonds. The Hall–Kier alpha value is -2.52. The van der Waals surface area contributed by atoms with Crippen LogP contribution in [-0.4, -0.2) is 77.3 Å². The summed E-state index contributed by atoms with van der Waals surface area (Å²) in [6, 6.07) is 12.1. The van der Waals surface area contributed by atoms with Crippen molar-refractivity contribution < 1.29 is 14.6 Å². The van der Waals surface area contributed by atoms with Crippen LogP contribution in [0.15, 0.2) is 36.4 Å². The number of benzene rings is 2. The number of thiazole rings is 1. The van der Waals surface area contributed by atoms with E-state index in [1.807, 2.05) is 57.2 Å². The molecule has 1 fully saturated rings. The lowest BCUT2D eigenvalue weighted by atomic mass is 10.1. The number of piperazine rings is 1. The van der Waals surface area contributed by atoms with Crippen LogP contribution >= 0.6 is 11.3 Å². The predicted molar refractivity (Wildman–Crippen MR) is 138 cm³/mol. The van der Waals surface area contributed by atoms with Gasteiger partial charge in [-0.2, -0.15) is 0 Å². The highest BCUT2D eigenvalue weighted by molar-refractivity contribution is 7.18. The van der Waals surface area contributed by atoms with Crippen molar-refractivity contribution >= 4 is 33.1 Å². The lowest BCUT2D eigenvalue weighted by Crippen LogP contribution is -2.55. The number of amides is 1. The number of nitrogens with one attached hydrogen (secondary N) is 1. The normalized spacial score (nSPS) is 18.2. The maximum absolute atomic E-state index is 12.6. The molecule has 0 saturated carbocycles. The molecule has 4 rings (SSSR count). The number of carbonyl (C=O) groups excluding carboxylic acids is 1. The van der Waals surface area contributed by atoms with E-state index in [-0.39, 0.29) is 18.6 Å². The van der Waals surface area contributed by atoms with Gasteiger partial charge in [0.05, 0.1) is 21.8 Å².